The van der Waals surface area contributed by atoms with Crippen molar-refractivity contribution in [1.82, 2.24) is 5.09 Å². The van der Waals surface area contributed by atoms with E-state index in [0.29, 0.717) is 6.61 Å². The lowest BCUT2D eigenvalue weighted by Gasteiger charge is -1.99. The highest BCUT2D eigenvalue weighted by molar-refractivity contribution is 7.36. The molecule has 3 nitrogen and oxygen atoms in total. The zero-order valence-corrected chi connectivity index (χ0v) is 14.8. The van der Waals surface area contributed by atoms with Gasteiger partial charge in [0, 0.05) is 6.54 Å². The maximum atomic E-state index is 11.5. The van der Waals surface area contributed by atoms with Crippen molar-refractivity contribution >= 4 is 8.18 Å². The molecule has 0 bridgehead atoms. The van der Waals surface area contributed by atoms with E-state index >= 15 is 0 Å². The van der Waals surface area contributed by atoms with Crippen molar-refractivity contribution in [1.29, 1.82) is 0 Å². The number of rotatable bonds is 17. The second-order valence-electron chi connectivity index (χ2n) is 5.61. The van der Waals surface area contributed by atoms with Crippen LogP contribution < -0.4 is 5.09 Å². The average Bonchev–Trinajstić information content (AvgIpc) is 2.49. The molecular formula is C17H35NO2P+. The van der Waals surface area contributed by atoms with Crippen LogP contribution in [0.5, 0.6) is 0 Å². The summed E-state index contributed by atoms with van der Waals surface area (Å²) in [5.41, 5.74) is 0. The Labute approximate surface area is 132 Å². The van der Waals surface area contributed by atoms with Crippen molar-refractivity contribution in [3.63, 3.8) is 0 Å². The van der Waals surface area contributed by atoms with Crippen molar-refractivity contribution in [2.75, 3.05) is 13.2 Å². The van der Waals surface area contributed by atoms with E-state index in [0.717, 1.165) is 32.2 Å². The van der Waals surface area contributed by atoms with Crippen LogP contribution in [-0.2, 0) is 9.09 Å². The molecule has 0 aromatic carbocycles. The van der Waals surface area contributed by atoms with E-state index in [1.807, 2.05) is 6.08 Å². The van der Waals surface area contributed by atoms with Gasteiger partial charge in [-0.15, -0.1) is 11.1 Å². The second-order valence-corrected chi connectivity index (χ2v) is 6.70. The van der Waals surface area contributed by atoms with E-state index in [1.54, 1.807) is 0 Å². The van der Waals surface area contributed by atoms with Gasteiger partial charge in [-0.2, -0.15) is 0 Å². The molecule has 124 valence electrons. The summed E-state index contributed by atoms with van der Waals surface area (Å²) in [4.78, 5) is 0. The topological polar surface area (TPSA) is 38.3 Å². The molecule has 0 aliphatic heterocycles. The van der Waals surface area contributed by atoms with Crippen LogP contribution in [0.15, 0.2) is 12.7 Å². The van der Waals surface area contributed by atoms with Crippen LogP contribution in [0.25, 0.3) is 0 Å². The summed E-state index contributed by atoms with van der Waals surface area (Å²) in [6, 6.07) is 0. The maximum Gasteiger partial charge on any atom is 0.612 e. The Kier molecular flexibility index (Phi) is 17.6. The van der Waals surface area contributed by atoms with Crippen molar-refractivity contribution in [2.45, 2.75) is 84.0 Å². The van der Waals surface area contributed by atoms with Gasteiger partial charge in [0.1, 0.15) is 6.61 Å². The monoisotopic (exact) mass is 316 g/mol. The zero-order chi connectivity index (χ0) is 15.6. The van der Waals surface area contributed by atoms with Crippen molar-refractivity contribution < 1.29 is 9.09 Å². The van der Waals surface area contributed by atoms with Crippen LogP contribution in [0.4, 0.5) is 0 Å². The lowest BCUT2D eigenvalue weighted by Crippen LogP contribution is -2.07. The van der Waals surface area contributed by atoms with Gasteiger partial charge in [-0.05, 0) is 30.2 Å². The molecular weight excluding hydrogens is 281 g/mol. The number of hydrogen-bond donors (Lipinski definition) is 1. The largest absolute Gasteiger partial charge is 0.612 e. The molecule has 0 aromatic rings. The van der Waals surface area contributed by atoms with E-state index in [9.17, 15) is 4.57 Å². The molecule has 0 aromatic heterocycles. The maximum absolute atomic E-state index is 11.5. The molecule has 0 rings (SSSR count). The first-order valence-electron chi connectivity index (χ1n) is 8.75. The minimum Gasteiger partial charge on any atom is -0.130 e. The van der Waals surface area contributed by atoms with Crippen LogP contribution in [-0.4, -0.2) is 13.2 Å². The summed E-state index contributed by atoms with van der Waals surface area (Å²) in [6.45, 7) is 7.34. The third kappa shape index (κ3) is 17.7. The van der Waals surface area contributed by atoms with Crippen LogP contribution in [0.2, 0.25) is 0 Å². The molecule has 0 aliphatic rings. The molecule has 1 N–H and O–H groups in total. The molecule has 0 saturated heterocycles. The molecule has 0 spiro atoms. The summed E-state index contributed by atoms with van der Waals surface area (Å²) in [5.74, 6) is 0. The van der Waals surface area contributed by atoms with E-state index in [4.69, 9.17) is 4.52 Å². The highest BCUT2D eigenvalue weighted by Gasteiger charge is 2.15. The quantitative estimate of drug-likeness (QED) is 0.199. The van der Waals surface area contributed by atoms with E-state index in [1.165, 1.54) is 51.4 Å². The molecule has 0 saturated carbocycles. The molecule has 0 aliphatic carbocycles. The van der Waals surface area contributed by atoms with Crippen LogP contribution in [0.3, 0.4) is 0 Å². The second kappa shape index (κ2) is 17.8. The highest BCUT2D eigenvalue weighted by Crippen LogP contribution is 2.17. The Morgan fingerprint density at radius 2 is 1.57 bits per heavy atom. The minimum atomic E-state index is -1.66. The van der Waals surface area contributed by atoms with Gasteiger partial charge < -0.3 is 0 Å². The first-order valence-corrected chi connectivity index (χ1v) is 9.93. The van der Waals surface area contributed by atoms with Crippen molar-refractivity contribution in [3.8, 4) is 0 Å². The Bertz CT molecular complexity index is 247. The number of hydrogen-bond acceptors (Lipinski definition) is 2. The lowest BCUT2D eigenvalue weighted by molar-refractivity contribution is 0.309. The van der Waals surface area contributed by atoms with Crippen LogP contribution in [0, 0.1) is 0 Å². The minimum absolute atomic E-state index is 0.619. The van der Waals surface area contributed by atoms with E-state index in [-0.39, 0.29) is 0 Å². The fourth-order valence-electron chi connectivity index (χ4n) is 2.19. The van der Waals surface area contributed by atoms with Crippen LogP contribution >= 0.6 is 8.18 Å². The average molecular weight is 316 g/mol. The van der Waals surface area contributed by atoms with Gasteiger partial charge in [-0.1, -0.05) is 69.5 Å². The molecule has 1 unspecified atom stereocenters. The standard InChI is InChI=1S/C17H35NO2P/c1-3-5-7-9-10-11-13-15-17-20-21(19)18-16-14-12-8-6-4-2/h4H,2-3,5-17H2,1H3,(H,18,19)/q+1. The number of allylic oxidation sites excluding steroid dienone is 1. The van der Waals surface area contributed by atoms with Gasteiger partial charge in [0.05, 0.1) is 0 Å². The molecule has 1 atom stereocenters. The predicted molar refractivity (Wildman–Crippen MR) is 92.8 cm³/mol. The predicted octanol–water partition coefficient (Wildman–Crippen LogP) is 6.14. The van der Waals surface area contributed by atoms with Gasteiger partial charge in [0.15, 0.2) is 0 Å². The molecule has 0 heterocycles. The fourth-order valence-corrected chi connectivity index (χ4v) is 2.92. The van der Waals surface area contributed by atoms with Gasteiger partial charge in [-0.3, -0.25) is 0 Å². The van der Waals surface area contributed by atoms with Crippen molar-refractivity contribution in [3.05, 3.63) is 12.7 Å². The Morgan fingerprint density at radius 3 is 2.24 bits per heavy atom. The SMILES string of the molecule is C=CCCCCCN[P+](=O)OCCCCCCCCCC. The van der Waals surface area contributed by atoms with Gasteiger partial charge >= 0.3 is 8.18 Å². The smallest absolute Gasteiger partial charge is 0.130 e. The first-order chi connectivity index (χ1) is 10.3. The Balaban J connectivity index is 3.14. The number of nitrogens with one attached hydrogen (secondary N) is 1. The van der Waals surface area contributed by atoms with Gasteiger partial charge in [0.25, 0.3) is 0 Å². The van der Waals surface area contributed by atoms with E-state index < -0.39 is 8.18 Å². The van der Waals surface area contributed by atoms with Gasteiger partial charge in [-0.25, -0.2) is 0 Å². The summed E-state index contributed by atoms with van der Waals surface area (Å²) in [6.07, 6.45) is 16.6. The summed E-state index contributed by atoms with van der Waals surface area (Å²) in [7, 11) is -1.66. The van der Waals surface area contributed by atoms with Gasteiger partial charge in [0.2, 0.25) is 0 Å². The Hall–Kier alpha value is -0.240. The molecule has 0 fully saturated rings. The zero-order valence-electron chi connectivity index (χ0n) is 13.9. The third-order valence-corrected chi connectivity index (χ3v) is 4.43. The third-order valence-electron chi connectivity index (χ3n) is 3.53. The fraction of sp³-hybridized carbons (Fsp3) is 0.882. The lowest BCUT2D eigenvalue weighted by atomic mass is 10.1. The normalized spacial score (nSPS) is 11.6. The van der Waals surface area contributed by atoms with Crippen LogP contribution in [0.1, 0.15) is 84.0 Å². The summed E-state index contributed by atoms with van der Waals surface area (Å²) >= 11 is 0. The number of unbranched alkanes of at least 4 members (excludes halogenated alkanes) is 10. The van der Waals surface area contributed by atoms with E-state index in [2.05, 4.69) is 18.6 Å². The Morgan fingerprint density at radius 1 is 0.952 bits per heavy atom. The highest BCUT2D eigenvalue weighted by atomic mass is 31.1. The molecule has 21 heavy (non-hydrogen) atoms. The molecule has 0 radical (unpaired) electrons. The molecule has 0 amide bonds. The van der Waals surface area contributed by atoms with Crippen molar-refractivity contribution in [2.24, 2.45) is 0 Å². The first kappa shape index (κ1) is 20.8. The summed E-state index contributed by atoms with van der Waals surface area (Å²) < 4.78 is 16.8. The molecule has 4 heteroatoms. The summed E-state index contributed by atoms with van der Waals surface area (Å²) in [5, 5.41) is 2.95.